The fourth-order valence-electron chi connectivity index (χ4n) is 10.5. The fraction of sp³-hybridized carbons (Fsp3) is 0.750. The third kappa shape index (κ3) is 65.9. The molecule has 0 aromatic heterocycles. The van der Waals surface area contributed by atoms with E-state index in [-0.39, 0.29) is 12.5 Å². The van der Waals surface area contributed by atoms with Gasteiger partial charge in [0, 0.05) is 6.42 Å². The van der Waals surface area contributed by atoms with Crippen molar-refractivity contribution >= 4 is 5.91 Å². The van der Waals surface area contributed by atoms with E-state index >= 15 is 0 Å². The van der Waals surface area contributed by atoms with E-state index in [0.717, 1.165) is 96.3 Å². The minimum atomic E-state index is -0.674. The molecule has 1 amide bonds. The zero-order chi connectivity index (χ0) is 57.6. The number of nitrogens with one attached hydrogen (secondary N) is 1. The Balaban J connectivity index is 3.51. The molecule has 4 heteroatoms. The monoisotopic (exact) mass is 1110 g/mol. The average Bonchev–Trinajstić information content (AvgIpc) is 3.46. The third-order valence-corrected chi connectivity index (χ3v) is 15.8. The molecule has 0 fully saturated rings. The van der Waals surface area contributed by atoms with Crippen molar-refractivity contribution in [3.63, 3.8) is 0 Å². The molecule has 4 nitrogen and oxygen atoms in total. The zero-order valence-corrected chi connectivity index (χ0v) is 53.3. The van der Waals surface area contributed by atoms with E-state index in [1.54, 1.807) is 0 Å². The molecule has 0 spiro atoms. The maximum atomic E-state index is 12.6. The lowest BCUT2D eigenvalue weighted by Gasteiger charge is -2.22. The van der Waals surface area contributed by atoms with E-state index in [2.05, 4.69) is 129 Å². The van der Waals surface area contributed by atoms with Crippen molar-refractivity contribution in [2.24, 2.45) is 0 Å². The van der Waals surface area contributed by atoms with E-state index in [9.17, 15) is 15.0 Å². The lowest BCUT2D eigenvalue weighted by atomic mass is 10.0. The number of carbonyl (C=O) groups is 1. The Hall–Kier alpha value is -2.95. The van der Waals surface area contributed by atoms with Gasteiger partial charge in [-0.15, -0.1) is 0 Å². The molecular weight excluding hydrogens is 975 g/mol. The molecule has 0 saturated heterocycles. The molecule has 0 aromatic rings. The van der Waals surface area contributed by atoms with Crippen molar-refractivity contribution in [3.8, 4) is 0 Å². The van der Waals surface area contributed by atoms with Crippen molar-refractivity contribution in [2.75, 3.05) is 6.61 Å². The Kier molecular flexibility index (Phi) is 67.7. The molecule has 0 aliphatic rings. The predicted octanol–water partition coefficient (Wildman–Crippen LogP) is 24.2. The van der Waals surface area contributed by atoms with Crippen LogP contribution in [-0.2, 0) is 4.79 Å². The van der Waals surface area contributed by atoms with Gasteiger partial charge < -0.3 is 15.5 Å². The molecule has 0 radical (unpaired) electrons. The third-order valence-electron chi connectivity index (χ3n) is 15.8. The van der Waals surface area contributed by atoms with Crippen LogP contribution in [0.1, 0.15) is 348 Å². The number of unbranched alkanes of at least 4 members (excludes halogenated alkanes) is 39. The van der Waals surface area contributed by atoms with Crippen LogP contribution in [0.3, 0.4) is 0 Å². The summed E-state index contributed by atoms with van der Waals surface area (Å²) in [5.41, 5.74) is 0. The maximum absolute atomic E-state index is 12.6. The SMILES string of the molecule is CC/C=C\C/C=C\C/C=C\C/C=C\C/C=C\C/C=C\C/C=C\C/C=C\C/C=C\CCCCCCCCCC(=O)NC(CO)C(O)CCCCCCCCCCCCCCCCCCCCCCCCCCCCCCCCCCC. The fourth-order valence-corrected chi connectivity index (χ4v) is 10.5. The lowest BCUT2D eigenvalue weighted by molar-refractivity contribution is -0.123. The van der Waals surface area contributed by atoms with Gasteiger partial charge in [0.2, 0.25) is 5.91 Å². The number of rotatable bonds is 64. The van der Waals surface area contributed by atoms with Crippen LogP contribution >= 0.6 is 0 Å². The number of allylic oxidation sites excluding steroid dienone is 18. The van der Waals surface area contributed by atoms with Gasteiger partial charge in [-0.05, 0) is 83.5 Å². The summed E-state index contributed by atoms with van der Waals surface area (Å²) >= 11 is 0. The quantitative estimate of drug-likeness (QED) is 0.0420. The van der Waals surface area contributed by atoms with Crippen molar-refractivity contribution in [2.45, 2.75) is 360 Å². The molecule has 0 bridgehead atoms. The average molecular weight is 1110 g/mol. The highest BCUT2D eigenvalue weighted by molar-refractivity contribution is 5.76. The smallest absolute Gasteiger partial charge is 0.220 e. The molecule has 0 aromatic carbocycles. The van der Waals surface area contributed by atoms with Crippen LogP contribution in [-0.4, -0.2) is 34.9 Å². The van der Waals surface area contributed by atoms with Gasteiger partial charge in [0.05, 0.1) is 18.8 Å². The second-order valence-corrected chi connectivity index (χ2v) is 23.6. The van der Waals surface area contributed by atoms with Crippen LogP contribution in [0.15, 0.2) is 109 Å². The first kappa shape index (κ1) is 77.0. The van der Waals surface area contributed by atoms with Gasteiger partial charge in [0.1, 0.15) is 0 Å². The molecule has 2 unspecified atom stereocenters. The summed E-state index contributed by atoms with van der Waals surface area (Å²) in [5, 5.41) is 23.5. The van der Waals surface area contributed by atoms with Gasteiger partial charge in [-0.3, -0.25) is 4.79 Å². The summed E-state index contributed by atoms with van der Waals surface area (Å²) in [4.78, 5) is 12.6. The Morgan fingerprint density at radius 2 is 0.550 bits per heavy atom. The first-order valence-electron chi connectivity index (χ1n) is 35.1. The molecule has 462 valence electrons. The van der Waals surface area contributed by atoms with E-state index in [4.69, 9.17) is 0 Å². The number of aliphatic hydroxyl groups is 2. The Morgan fingerprint density at radius 3 is 0.825 bits per heavy atom. The van der Waals surface area contributed by atoms with Crippen LogP contribution in [0.4, 0.5) is 0 Å². The molecule has 2 atom stereocenters. The molecular formula is C76H135NO3. The van der Waals surface area contributed by atoms with E-state index < -0.39 is 12.1 Å². The molecule has 0 rings (SSSR count). The number of hydrogen-bond donors (Lipinski definition) is 3. The summed E-state index contributed by atoms with van der Waals surface area (Å²) in [6.45, 7) is 4.27. The minimum Gasteiger partial charge on any atom is -0.394 e. The van der Waals surface area contributed by atoms with E-state index in [1.165, 1.54) is 225 Å². The van der Waals surface area contributed by atoms with E-state index in [1.807, 2.05) is 0 Å². The first-order valence-corrected chi connectivity index (χ1v) is 35.1. The number of amides is 1. The second-order valence-electron chi connectivity index (χ2n) is 23.6. The molecule has 0 aliphatic carbocycles. The van der Waals surface area contributed by atoms with Crippen molar-refractivity contribution < 1.29 is 15.0 Å². The predicted molar refractivity (Wildman–Crippen MR) is 359 cm³/mol. The molecule has 3 N–H and O–H groups in total. The first-order chi connectivity index (χ1) is 39.7. The molecule has 0 aliphatic heterocycles. The number of aliphatic hydroxyl groups excluding tert-OH is 2. The zero-order valence-electron chi connectivity index (χ0n) is 53.3. The number of hydrogen-bond acceptors (Lipinski definition) is 3. The van der Waals surface area contributed by atoms with Gasteiger partial charge in [-0.1, -0.05) is 367 Å². The second kappa shape index (κ2) is 70.3. The summed E-state index contributed by atoms with van der Waals surface area (Å²) < 4.78 is 0. The molecule has 80 heavy (non-hydrogen) atoms. The van der Waals surface area contributed by atoms with Gasteiger partial charge in [0.15, 0.2) is 0 Å². The molecule has 0 heterocycles. The van der Waals surface area contributed by atoms with Crippen LogP contribution in [0, 0.1) is 0 Å². The highest BCUT2D eigenvalue weighted by atomic mass is 16.3. The van der Waals surface area contributed by atoms with Crippen molar-refractivity contribution in [3.05, 3.63) is 109 Å². The van der Waals surface area contributed by atoms with E-state index in [0.29, 0.717) is 12.8 Å². The standard InChI is InChI=1S/C76H135NO3/c1-3-5-7-9-11-13-15-17-19-21-23-25-27-29-31-33-35-37-38-40-42-44-46-48-50-52-54-56-58-60-62-64-66-68-70-72-76(80)77-74(73-78)75(79)71-69-67-65-63-61-59-57-55-53-51-49-47-45-43-41-39-36-34-32-30-28-26-24-22-20-18-16-14-12-10-8-6-4-2/h5,7,11,13,17,19,23,25,29,31,35,37,40,42,46,48,52,54,74-75,78-79H,3-4,6,8-10,12,14-16,18,20-22,24,26-28,30,32-34,36,38-39,41,43-45,47,49-51,53,55-73H2,1-2H3,(H,77,80)/b7-5-,13-11-,19-17-,25-23-,31-29-,37-35-,42-40-,48-46-,54-52-. The van der Waals surface area contributed by atoms with Crippen LogP contribution in [0.25, 0.3) is 0 Å². The highest BCUT2D eigenvalue weighted by Crippen LogP contribution is 2.18. The van der Waals surface area contributed by atoms with Gasteiger partial charge in [-0.2, -0.15) is 0 Å². The maximum Gasteiger partial charge on any atom is 0.220 e. The summed E-state index contributed by atoms with van der Waals surface area (Å²) in [5.74, 6) is -0.0424. The Morgan fingerprint density at radius 1 is 0.312 bits per heavy atom. The lowest BCUT2D eigenvalue weighted by Crippen LogP contribution is -2.45. The Labute approximate surface area is 499 Å². The van der Waals surface area contributed by atoms with Crippen LogP contribution in [0.5, 0.6) is 0 Å². The van der Waals surface area contributed by atoms with Crippen LogP contribution < -0.4 is 5.32 Å². The van der Waals surface area contributed by atoms with Gasteiger partial charge >= 0.3 is 0 Å². The van der Waals surface area contributed by atoms with Crippen molar-refractivity contribution in [1.82, 2.24) is 5.32 Å². The topological polar surface area (TPSA) is 69.6 Å². The van der Waals surface area contributed by atoms with Gasteiger partial charge in [-0.25, -0.2) is 0 Å². The Bertz CT molecular complexity index is 1490. The molecule has 0 saturated carbocycles. The largest absolute Gasteiger partial charge is 0.394 e. The minimum absolute atomic E-state index is 0.0424. The van der Waals surface area contributed by atoms with Crippen molar-refractivity contribution in [1.29, 1.82) is 0 Å². The number of carbonyl (C=O) groups excluding carboxylic acids is 1. The normalized spacial score (nSPS) is 13.4. The van der Waals surface area contributed by atoms with Crippen LogP contribution in [0.2, 0.25) is 0 Å². The highest BCUT2D eigenvalue weighted by Gasteiger charge is 2.20. The summed E-state index contributed by atoms with van der Waals surface area (Å²) in [6.07, 6.45) is 106. The summed E-state index contributed by atoms with van der Waals surface area (Å²) in [7, 11) is 0. The summed E-state index contributed by atoms with van der Waals surface area (Å²) in [6, 6.07) is -0.553. The van der Waals surface area contributed by atoms with Gasteiger partial charge in [0.25, 0.3) is 0 Å².